The highest BCUT2D eigenvalue weighted by Crippen LogP contribution is 2.32. The lowest BCUT2D eigenvalue weighted by atomic mass is 10.0. The number of nitrogens with one attached hydrogen (secondary N) is 1. The average Bonchev–Trinajstić information content (AvgIpc) is 3.05. The van der Waals surface area contributed by atoms with E-state index in [2.05, 4.69) is 22.0 Å². The van der Waals surface area contributed by atoms with Crippen LogP contribution in [-0.4, -0.2) is 46.7 Å². The minimum Gasteiger partial charge on any atom is -0.444 e. The molecular weight excluding hydrogens is 398 g/mol. The van der Waals surface area contributed by atoms with E-state index in [4.69, 9.17) is 4.74 Å². The molecule has 1 unspecified atom stereocenters. The SMILES string of the molecule is C=CCC(NC(=O)OC(C)(C)C)c1ccnc(-c2c([N+](=O)[O-])cnn2C(O)(O)O)c1. The fourth-order valence-electron chi connectivity index (χ4n) is 2.63. The number of nitrogens with zero attached hydrogens (tertiary/aromatic N) is 4. The largest absolute Gasteiger partial charge is 0.444 e. The van der Waals surface area contributed by atoms with Gasteiger partial charge in [-0.3, -0.25) is 15.1 Å². The van der Waals surface area contributed by atoms with Gasteiger partial charge >= 0.3 is 17.9 Å². The topological polar surface area (TPSA) is 173 Å². The summed E-state index contributed by atoms with van der Waals surface area (Å²) in [6, 6.07) is 2.33. The molecule has 1 amide bonds. The Kier molecular flexibility index (Phi) is 6.55. The number of amides is 1. The summed E-state index contributed by atoms with van der Waals surface area (Å²) >= 11 is 0. The minimum atomic E-state index is -3.49. The van der Waals surface area contributed by atoms with Gasteiger partial charge in [-0.1, -0.05) is 6.08 Å². The van der Waals surface area contributed by atoms with E-state index in [0.717, 1.165) is 6.20 Å². The first-order valence-corrected chi connectivity index (χ1v) is 8.80. The molecule has 0 fully saturated rings. The zero-order valence-corrected chi connectivity index (χ0v) is 16.6. The fourth-order valence-corrected chi connectivity index (χ4v) is 2.63. The molecule has 0 aliphatic rings. The van der Waals surface area contributed by atoms with Crippen LogP contribution in [0.3, 0.4) is 0 Å². The second-order valence-corrected chi connectivity index (χ2v) is 7.34. The quantitative estimate of drug-likeness (QED) is 0.224. The van der Waals surface area contributed by atoms with Crippen molar-refractivity contribution in [1.82, 2.24) is 20.1 Å². The molecular formula is C18H23N5O7. The lowest BCUT2D eigenvalue weighted by molar-refractivity contribution is -0.388. The molecule has 2 aromatic heterocycles. The molecule has 12 heteroatoms. The van der Waals surface area contributed by atoms with Gasteiger partial charge in [0.1, 0.15) is 11.8 Å². The minimum absolute atomic E-state index is 0.0849. The predicted octanol–water partition coefficient (Wildman–Crippen LogP) is 1.54. The van der Waals surface area contributed by atoms with E-state index in [1.807, 2.05) is 0 Å². The number of alkyl carbamates (subject to hydrolysis) is 1. The standard InChI is InChI=1S/C18H23N5O7/c1-5-6-12(21-16(24)30-17(2,3)4)11-7-8-19-13(9-11)15-14(23(28)29)10-20-22(15)18(25,26)27/h5,7-10,12,25-27H,1,6H2,2-4H3,(H,21,24). The van der Waals surface area contributed by atoms with Crippen molar-refractivity contribution < 1.29 is 29.8 Å². The Morgan fingerprint density at radius 1 is 1.43 bits per heavy atom. The van der Waals surface area contributed by atoms with Gasteiger partial charge in [0.05, 0.1) is 16.7 Å². The molecule has 1 atom stereocenters. The van der Waals surface area contributed by atoms with Crippen LogP contribution < -0.4 is 5.32 Å². The maximum atomic E-state index is 12.2. The fraction of sp³-hybridized carbons (Fsp3) is 0.389. The maximum Gasteiger partial charge on any atom is 0.408 e. The number of carbonyl (C=O) groups excluding carboxylic acids is 1. The normalized spacial score (nSPS) is 12.9. The van der Waals surface area contributed by atoms with Gasteiger partial charge in [0, 0.05) is 6.20 Å². The van der Waals surface area contributed by atoms with E-state index in [0.29, 0.717) is 12.0 Å². The number of aromatic nitrogens is 3. The summed E-state index contributed by atoms with van der Waals surface area (Å²) in [5.41, 5.74) is -1.37. The Bertz CT molecular complexity index is 943. The summed E-state index contributed by atoms with van der Waals surface area (Å²) < 4.78 is 5.50. The zero-order chi connectivity index (χ0) is 22.7. The molecule has 2 rings (SSSR count). The van der Waals surface area contributed by atoms with E-state index >= 15 is 0 Å². The van der Waals surface area contributed by atoms with Gasteiger partial charge in [0.15, 0.2) is 5.69 Å². The van der Waals surface area contributed by atoms with E-state index < -0.39 is 40.1 Å². The number of aliphatic hydroxyl groups is 3. The molecule has 0 saturated heterocycles. The average molecular weight is 421 g/mol. The highest BCUT2D eigenvalue weighted by molar-refractivity contribution is 5.69. The van der Waals surface area contributed by atoms with Gasteiger partial charge in [-0.2, -0.15) is 9.78 Å². The maximum absolute atomic E-state index is 12.2. The number of hydrogen-bond donors (Lipinski definition) is 4. The van der Waals surface area contributed by atoms with Gasteiger partial charge < -0.3 is 25.4 Å². The number of carbonyl (C=O) groups is 1. The van der Waals surface area contributed by atoms with Gasteiger partial charge in [-0.05, 0) is 44.9 Å². The summed E-state index contributed by atoms with van der Waals surface area (Å²) in [5, 5.41) is 45.9. The van der Waals surface area contributed by atoms with Gasteiger partial charge in [-0.25, -0.2) is 4.79 Å². The molecule has 0 aliphatic heterocycles. The van der Waals surface area contributed by atoms with Crippen LogP contribution in [0.2, 0.25) is 0 Å². The van der Waals surface area contributed by atoms with Crippen molar-refractivity contribution in [1.29, 1.82) is 0 Å². The molecule has 4 N–H and O–H groups in total. The van der Waals surface area contributed by atoms with Gasteiger partial charge in [-0.15, -0.1) is 6.58 Å². The monoisotopic (exact) mass is 421 g/mol. The molecule has 12 nitrogen and oxygen atoms in total. The molecule has 0 saturated carbocycles. The Morgan fingerprint density at radius 3 is 2.63 bits per heavy atom. The summed E-state index contributed by atoms with van der Waals surface area (Å²) in [5.74, 6) is 0. The van der Waals surface area contributed by atoms with Crippen LogP contribution in [0, 0.1) is 10.1 Å². The lowest BCUT2D eigenvalue weighted by Gasteiger charge is -2.23. The van der Waals surface area contributed by atoms with E-state index in [1.165, 1.54) is 12.3 Å². The highest BCUT2D eigenvalue weighted by Gasteiger charge is 2.34. The highest BCUT2D eigenvalue weighted by atomic mass is 16.7. The van der Waals surface area contributed by atoms with Crippen LogP contribution in [0.25, 0.3) is 11.4 Å². The summed E-state index contributed by atoms with van der Waals surface area (Å²) in [7, 11) is 0. The first kappa shape index (κ1) is 22.9. The molecule has 0 aromatic carbocycles. The molecule has 0 radical (unpaired) electrons. The first-order valence-electron chi connectivity index (χ1n) is 8.80. The van der Waals surface area contributed by atoms with Gasteiger partial charge in [0.25, 0.3) is 0 Å². The third-order valence-corrected chi connectivity index (χ3v) is 3.75. The van der Waals surface area contributed by atoms with E-state index in [-0.39, 0.29) is 10.4 Å². The van der Waals surface area contributed by atoms with Crippen molar-refractivity contribution in [3.8, 4) is 11.4 Å². The summed E-state index contributed by atoms with van der Waals surface area (Å²) in [4.78, 5) is 26.7. The number of hydrogen-bond acceptors (Lipinski definition) is 9. The molecule has 2 heterocycles. The Hall–Kier alpha value is -3.35. The van der Waals surface area contributed by atoms with Crippen molar-refractivity contribution in [2.45, 2.75) is 44.9 Å². The van der Waals surface area contributed by atoms with Crippen molar-refractivity contribution in [2.24, 2.45) is 0 Å². The molecule has 0 spiro atoms. The molecule has 30 heavy (non-hydrogen) atoms. The van der Waals surface area contributed by atoms with Crippen LogP contribution in [0.15, 0.2) is 37.2 Å². The van der Waals surface area contributed by atoms with Crippen molar-refractivity contribution in [2.75, 3.05) is 0 Å². The first-order chi connectivity index (χ1) is 13.8. The van der Waals surface area contributed by atoms with Crippen molar-refractivity contribution in [3.05, 3.63) is 52.9 Å². The van der Waals surface area contributed by atoms with E-state index in [1.54, 1.807) is 32.9 Å². The third kappa shape index (κ3) is 5.59. The Labute approximate surface area is 171 Å². The number of pyridine rings is 1. The molecule has 2 aromatic rings. The van der Waals surface area contributed by atoms with Crippen LogP contribution in [0.5, 0.6) is 0 Å². The summed E-state index contributed by atoms with van der Waals surface area (Å²) in [6.07, 6.45) is -0.239. The second kappa shape index (κ2) is 8.57. The number of nitro groups is 1. The smallest absolute Gasteiger partial charge is 0.408 e. The third-order valence-electron chi connectivity index (χ3n) is 3.75. The van der Waals surface area contributed by atoms with Crippen molar-refractivity contribution in [3.63, 3.8) is 0 Å². The Balaban J connectivity index is 2.48. The number of ether oxygens (including phenoxy) is 1. The zero-order valence-electron chi connectivity index (χ0n) is 16.6. The van der Waals surface area contributed by atoms with Gasteiger partial charge in [0.2, 0.25) is 0 Å². The van der Waals surface area contributed by atoms with E-state index in [9.17, 15) is 30.2 Å². The second-order valence-electron chi connectivity index (χ2n) is 7.34. The molecule has 162 valence electrons. The van der Waals surface area contributed by atoms with Crippen LogP contribution in [-0.2, 0) is 10.8 Å². The lowest BCUT2D eigenvalue weighted by Crippen LogP contribution is -2.35. The van der Waals surface area contributed by atoms with Crippen LogP contribution in [0.1, 0.15) is 38.8 Å². The molecule has 0 aliphatic carbocycles. The van der Waals surface area contributed by atoms with Crippen LogP contribution >= 0.6 is 0 Å². The van der Waals surface area contributed by atoms with Crippen molar-refractivity contribution >= 4 is 11.8 Å². The summed E-state index contributed by atoms with van der Waals surface area (Å²) in [6.45, 7) is 8.79. The van der Waals surface area contributed by atoms with Crippen LogP contribution in [0.4, 0.5) is 10.5 Å². The molecule has 0 bridgehead atoms. The predicted molar refractivity (Wildman–Crippen MR) is 104 cm³/mol. The Morgan fingerprint density at radius 2 is 2.10 bits per heavy atom. The number of rotatable bonds is 7.